The number of hydrogen-bond donors (Lipinski definition) is 2. The molecule has 6 nitrogen and oxygen atoms in total. The van der Waals surface area contributed by atoms with Crippen molar-refractivity contribution in [2.75, 3.05) is 5.32 Å². The molecule has 2 N–H and O–H groups in total. The molecule has 25 heavy (non-hydrogen) atoms. The van der Waals surface area contributed by atoms with Gasteiger partial charge in [0.1, 0.15) is 11.5 Å². The smallest absolute Gasteiger partial charge is 0.271 e. The Kier molecular flexibility index (Phi) is 5.42. The molecule has 0 fully saturated rings. The summed E-state index contributed by atoms with van der Waals surface area (Å²) in [5.41, 5.74) is 1.77. The molecule has 0 bridgehead atoms. The molecule has 0 saturated heterocycles. The zero-order valence-electron chi connectivity index (χ0n) is 12.9. The maximum atomic E-state index is 12.1. The number of anilines is 2. The minimum Gasteiger partial charge on any atom is -0.347 e. The van der Waals surface area contributed by atoms with Crippen LogP contribution in [-0.2, 0) is 6.54 Å². The van der Waals surface area contributed by atoms with Crippen LogP contribution >= 0.6 is 23.2 Å². The lowest BCUT2D eigenvalue weighted by atomic mass is 10.3. The first-order valence-electron chi connectivity index (χ1n) is 7.33. The van der Waals surface area contributed by atoms with Gasteiger partial charge in [0.25, 0.3) is 5.91 Å². The highest BCUT2D eigenvalue weighted by Crippen LogP contribution is 2.27. The van der Waals surface area contributed by atoms with Crippen LogP contribution in [0, 0.1) is 0 Å². The van der Waals surface area contributed by atoms with Crippen LogP contribution in [0.5, 0.6) is 0 Å². The number of carbonyl (C=O) groups is 1. The molecule has 1 amide bonds. The van der Waals surface area contributed by atoms with Gasteiger partial charge in [0.15, 0.2) is 0 Å². The normalized spacial score (nSPS) is 10.3. The lowest BCUT2D eigenvalue weighted by Gasteiger charge is -2.08. The van der Waals surface area contributed by atoms with E-state index in [1.165, 1.54) is 12.4 Å². The molecule has 0 radical (unpaired) electrons. The van der Waals surface area contributed by atoms with Crippen LogP contribution in [0.1, 0.15) is 16.1 Å². The molecule has 126 valence electrons. The standard InChI is InChI=1S/C17H13Cl2N5O/c18-12-3-4-14(13(19)6-12)24-16-10-21-15(9-22-16)17(25)23-8-11-2-1-5-20-7-11/h1-7,9-10H,8H2,(H,22,24)(H,23,25). The quantitative estimate of drug-likeness (QED) is 0.709. The summed E-state index contributed by atoms with van der Waals surface area (Å²) < 4.78 is 0. The molecule has 0 unspecified atom stereocenters. The predicted octanol–water partition coefficient (Wildman–Crippen LogP) is 3.85. The van der Waals surface area contributed by atoms with E-state index in [-0.39, 0.29) is 11.6 Å². The first-order valence-corrected chi connectivity index (χ1v) is 8.08. The van der Waals surface area contributed by atoms with Gasteiger partial charge in [0.05, 0.1) is 23.1 Å². The van der Waals surface area contributed by atoms with E-state index in [9.17, 15) is 4.79 Å². The number of nitrogens with one attached hydrogen (secondary N) is 2. The van der Waals surface area contributed by atoms with Crippen molar-refractivity contribution in [1.29, 1.82) is 0 Å². The van der Waals surface area contributed by atoms with Crippen LogP contribution in [-0.4, -0.2) is 20.9 Å². The largest absolute Gasteiger partial charge is 0.347 e. The fourth-order valence-electron chi connectivity index (χ4n) is 2.01. The Labute approximate surface area is 154 Å². The first kappa shape index (κ1) is 17.1. The van der Waals surface area contributed by atoms with Gasteiger partial charge in [-0.15, -0.1) is 0 Å². The van der Waals surface area contributed by atoms with Crippen molar-refractivity contribution in [1.82, 2.24) is 20.3 Å². The summed E-state index contributed by atoms with van der Waals surface area (Å²) in [5.74, 6) is 0.153. The monoisotopic (exact) mass is 373 g/mol. The molecular formula is C17H13Cl2N5O. The van der Waals surface area contributed by atoms with Crippen LogP contribution in [0.4, 0.5) is 11.5 Å². The summed E-state index contributed by atoms with van der Waals surface area (Å²) in [6.07, 6.45) is 6.22. The third-order valence-electron chi connectivity index (χ3n) is 3.25. The highest BCUT2D eigenvalue weighted by atomic mass is 35.5. The second-order valence-corrected chi connectivity index (χ2v) is 5.92. The highest BCUT2D eigenvalue weighted by Gasteiger charge is 2.09. The van der Waals surface area contributed by atoms with Crippen molar-refractivity contribution in [3.63, 3.8) is 0 Å². The number of halogens is 2. The molecule has 0 aliphatic rings. The van der Waals surface area contributed by atoms with Crippen molar-refractivity contribution in [3.05, 3.63) is 76.4 Å². The minimum absolute atomic E-state index is 0.219. The van der Waals surface area contributed by atoms with Crippen LogP contribution < -0.4 is 10.6 Å². The lowest BCUT2D eigenvalue weighted by molar-refractivity contribution is 0.0945. The van der Waals surface area contributed by atoms with E-state index in [0.717, 1.165) is 5.56 Å². The molecule has 8 heteroatoms. The maximum Gasteiger partial charge on any atom is 0.271 e. The van der Waals surface area contributed by atoms with Crippen molar-refractivity contribution in [2.24, 2.45) is 0 Å². The Bertz CT molecular complexity index is 872. The van der Waals surface area contributed by atoms with Gasteiger partial charge in [-0.2, -0.15) is 0 Å². The van der Waals surface area contributed by atoms with Gasteiger partial charge in [-0.05, 0) is 29.8 Å². The molecule has 0 aliphatic heterocycles. The zero-order chi connectivity index (χ0) is 17.6. The van der Waals surface area contributed by atoms with Crippen LogP contribution in [0.2, 0.25) is 10.0 Å². The fourth-order valence-corrected chi connectivity index (χ4v) is 2.47. The molecule has 3 aromatic rings. The molecule has 3 rings (SSSR count). The molecule has 2 heterocycles. The maximum absolute atomic E-state index is 12.1. The molecule has 0 atom stereocenters. The number of aromatic nitrogens is 3. The van der Waals surface area contributed by atoms with Crippen molar-refractivity contribution < 1.29 is 4.79 Å². The third-order valence-corrected chi connectivity index (χ3v) is 3.80. The molecule has 0 aliphatic carbocycles. The van der Waals surface area contributed by atoms with Crippen molar-refractivity contribution >= 4 is 40.6 Å². The Morgan fingerprint density at radius 3 is 2.64 bits per heavy atom. The minimum atomic E-state index is -0.313. The van der Waals surface area contributed by atoms with E-state index < -0.39 is 0 Å². The van der Waals surface area contributed by atoms with E-state index in [2.05, 4.69) is 25.6 Å². The number of pyridine rings is 1. The average Bonchev–Trinajstić information content (AvgIpc) is 2.63. The number of amides is 1. The third kappa shape index (κ3) is 4.65. The molecule has 0 saturated carbocycles. The van der Waals surface area contributed by atoms with E-state index >= 15 is 0 Å². The summed E-state index contributed by atoms with van der Waals surface area (Å²) in [6, 6.07) is 8.76. The van der Waals surface area contributed by atoms with E-state index in [1.54, 1.807) is 30.6 Å². The molecule has 1 aromatic carbocycles. The SMILES string of the molecule is O=C(NCc1cccnc1)c1cnc(Nc2ccc(Cl)cc2Cl)cn1. The zero-order valence-corrected chi connectivity index (χ0v) is 14.4. The summed E-state index contributed by atoms with van der Waals surface area (Å²) in [7, 11) is 0. The number of rotatable bonds is 5. The number of nitrogens with zero attached hydrogens (tertiary/aromatic N) is 3. The number of benzene rings is 1. The van der Waals surface area contributed by atoms with Gasteiger partial charge in [-0.1, -0.05) is 29.3 Å². The van der Waals surface area contributed by atoms with E-state index in [4.69, 9.17) is 23.2 Å². The number of hydrogen-bond acceptors (Lipinski definition) is 5. The van der Waals surface area contributed by atoms with Gasteiger partial charge in [-0.25, -0.2) is 9.97 Å². The molecular weight excluding hydrogens is 361 g/mol. The Morgan fingerprint density at radius 2 is 1.96 bits per heavy atom. The second kappa shape index (κ2) is 7.92. The van der Waals surface area contributed by atoms with Gasteiger partial charge in [0, 0.05) is 24.0 Å². The summed E-state index contributed by atoms with van der Waals surface area (Å²) in [5, 5.41) is 6.79. The van der Waals surface area contributed by atoms with E-state index in [1.807, 2.05) is 12.1 Å². The van der Waals surface area contributed by atoms with Crippen molar-refractivity contribution in [2.45, 2.75) is 6.54 Å². The van der Waals surface area contributed by atoms with Gasteiger partial charge < -0.3 is 10.6 Å². The van der Waals surface area contributed by atoms with Crippen LogP contribution in [0.3, 0.4) is 0 Å². The highest BCUT2D eigenvalue weighted by molar-refractivity contribution is 6.36. The second-order valence-electron chi connectivity index (χ2n) is 5.08. The Balaban J connectivity index is 1.62. The lowest BCUT2D eigenvalue weighted by Crippen LogP contribution is -2.24. The Morgan fingerprint density at radius 1 is 1.08 bits per heavy atom. The van der Waals surface area contributed by atoms with Gasteiger partial charge in [0.2, 0.25) is 0 Å². The summed E-state index contributed by atoms with van der Waals surface area (Å²) >= 11 is 12.0. The van der Waals surface area contributed by atoms with E-state index in [0.29, 0.717) is 28.1 Å². The van der Waals surface area contributed by atoms with Crippen LogP contribution in [0.15, 0.2) is 55.1 Å². The topological polar surface area (TPSA) is 79.8 Å². The van der Waals surface area contributed by atoms with Crippen LogP contribution in [0.25, 0.3) is 0 Å². The first-order chi connectivity index (χ1) is 12.1. The molecule has 0 spiro atoms. The Hall–Kier alpha value is -2.70. The fraction of sp³-hybridized carbons (Fsp3) is 0.0588. The van der Waals surface area contributed by atoms with Gasteiger partial charge >= 0.3 is 0 Å². The molecule has 2 aromatic heterocycles. The van der Waals surface area contributed by atoms with Crippen molar-refractivity contribution in [3.8, 4) is 0 Å². The average molecular weight is 374 g/mol. The van der Waals surface area contributed by atoms with Gasteiger partial charge in [-0.3, -0.25) is 9.78 Å². The number of carbonyl (C=O) groups excluding carboxylic acids is 1. The summed E-state index contributed by atoms with van der Waals surface area (Å²) in [4.78, 5) is 24.4. The predicted molar refractivity (Wildman–Crippen MR) is 97.2 cm³/mol. The summed E-state index contributed by atoms with van der Waals surface area (Å²) in [6.45, 7) is 0.370.